The molecule has 2 heterocycles. The summed E-state index contributed by atoms with van der Waals surface area (Å²) in [6.45, 7) is 5.33. The normalized spacial score (nSPS) is 19.9. The van der Waals surface area contributed by atoms with Crippen molar-refractivity contribution in [3.8, 4) is 0 Å². The molecule has 1 amide bonds. The minimum atomic E-state index is -3.61. The average molecular weight is 545 g/mol. The van der Waals surface area contributed by atoms with E-state index in [1.165, 1.54) is 4.31 Å². The fourth-order valence-corrected chi connectivity index (χ4v) is 7.03. The first kappa shape index (κ1) is 25.6. The first-order chi connectivity index (χ1) is 16.1. The molecule has 0 unspecified atom stereocenters. The van der Waals surface area contributed by atoms with Gasteiger partial charge in [0.15, 0.2) is 0 Å². The van der Waals surface area contributed by atoms with Crippen LogP contribution in [0.2, 0.25) is 15.1 Å². The molecule has 184 valence electrons. The Bertz CT molecular complexity index is 1170. The number of hydrogen-bond donors (Lipinski definition) is 0. The average Bonchev–Trinajstić information content (AvgIpc) is 2.82. The molecule has 0 bridgehead atoms. The Labute approximate surface area is 216 Å². The van der Waals surface area contributed by atoms with Crippen LogP contribution in [0.15, 0.2) is 36.4 Å². The van der Waals surface area contributed by atoms with E-state index in [1.807, 2.05) is 23.1 Å². The SMILES string of the molecule is Cc1ccc(Cl)cc1N1CCN(C(=O)[C@H]2CCCN(S(=O)(=O)Cc3ccc(Cl)cc3Cl)C2)CC1. The molecule has 2 aromatic rings. The van der Waals surface area contributed by atoms with E-state index in [0.717, 1.165) is 24.3 Å². The van der Waals surface area contributed by atoms with Crippen molar-refractivity contribution in [2.75, 3.05) is 44.2 Å². The summed E-state index contributed by atoms with van der Waals surface area (Å²) in [6.07, 6.45) is 1.35. The first-order valence-corrected chi connectivity index (χ1v) is 14.1. The van der Waals surface area contributed by atoms with Crippen LogP contribution in [0.3, 0.4) is 0 Å². The minimum Gasteiger partial charge on any atom is -0.368 e. The highest BCUT2D eigenvalue weighted by molar-refractivity contribution is 7.88. The highest BCUT2D eigenvalue weighted by atomic mass is 35.5. The summed E-state index contributed by atoms with van der Waals surface area (Å²) in [6, 6.07) is 10.7. The van der Waals surface area contributed by atoms with Crippen molar-refractivity contribution in [2.45, 2.75) is 25.5 Å². The number of halogens is 3. The van der Waals surface area contributed by atoms with Crippen LogP contribution in [0.4, 0.5) is 5.69 Å². The molecule has 2 aromatic carbocycles. The van der Waals surface area contributed by atoms with Gasteiger partial charge in [0, 0.05) is 60.0 Å². The Morgan fingerprint density at radius 1 is 0.971 bits per heavy atom. The van der Waals surface area contributed by atoms with Gasteiger partial charge in [0.2, 0.25) is 15.9 Å². The van der Waals surface area contributed by atoms with E-state index in [0.29, 0.717) is 53.1 Å². The number of rotatable bonds is 5. The Kier molecular flexibility index (Phi) is 7.99. The summed E-state index contributed by atoms with van der Waals surface area (Å²) in [5, 5.41) is 1.48. The molecular weight excluding hydrogens is 517 g/mol. The summed E-state index contributed by atoms with van der Waals surface area (Å²) in [5.41, 5.74) is 2.75. The number of hydrogen-bond acceptors (Lipinski definition) is 4. The lowest BCUT2D eigenvalue weighted by Crippen LogP contribution is -2.53. The zero-order valence-corrected chi connectivity index (χ0v) is 22.1. The van der Waals surface area contributed by atoms with E-state index in [2.05, 4.69) is 11.8 Å². The number of sulfonamides is 1. The third-order valence-electron chi connectivity index (χ3n) is 6.58. The van der Waals surface area contributed by atoms with Gasteiger partial charge in [-0.2, -0.15) is 0 Å². The number of benzene rings is 2. The predicted molar refractivity (Wildman–Crippen MR) is 138 cm³/mol. The summed E-state index contributed by atoms with van der Waals surface area (Å²) in [5.74, 6) is -0.503. The molecule has 2 fully saturated rings. The van der Waals surface area contributed by atoms with Gasteiger partial charge in [-0.15, -0.1) is 0 Å². The van der Waals surface area contributed by atoms with Crippen molar-refractivity contribution >= 4 is 56.4 Å². The Morgan fingerprint density at radius 3 is 2.35 bits per heavy atom. The van der Waals surface area contributed by atoms with Gasteiger partial charge in [-0.25, -0.2) is 12.7 Å². The molecule has 2 aliphatic rings. The third-order valence-corrected chi connectivity index (χ3v) is 9.20. The largest absolute Gasteiger partial charge is 0.368 e. The van der Waals surface area contributed by atoms with E-state index in [4.69, 9.17) is 34.8 Å². The second-order valence-corrected chi connectivity index (χ2v) is 12.2. The lowest BCUT2D eigenvalue weighted by molar-refractivity contribution is -0.137. The summed E-state index contributed by atoms with van der Waals surface area (Å²) < 4.78 is 27.6. The lowest BCUT2D eigenvalue weighted by atomic mass is 9.97. The zero-order valence-electron chi connectivity index (χ0n) is 19.0. The number of piperazine rings is 1. The number of nitrogens with zero attached hydrogens (tertiary/aromatic N) is 3. The van der Waals surface area contributed by atoms with E-state index in [-0.39, 0.29) is 24.1 Å². The molecular formula is C24H28Cl3N3O3S. The first-order valence-electron chi connectivity index (χ1n) is 11.4. The topological polar surface area (TPSA) is 60.9 Å². The molecule has 0 N–H and O–H groups in total. The van der Waals surface area contributed by atoms with Crippen LogP contribution < -0.4 is 4.90 Å². The van der Waals surface area contributed by atoms with Gasteiger partial charge in [0.05, 0.1) is 11.7 Å². The molecule has 10 heteroatoms. The van der Waals surface area contributed by atoms with Crippen molar-refractivity contribution in [1.29, 1.82) is 0 Å². The van der Waals surface area contributed by atoms with E-state index in [9.17, 15) is 13.2 Å². The maximum Gasteiger partial charge on any atom is 0.227 e. The Hall–Kier alpha value is -1.51. The van der Waals surface area contributed by atoms with E-state index >= 15 is 0 Å². The minimum absolute atomic E-state index is 0.0342. The van der Waals surface area contributed by atoms with Crippen LogP contribution in [0.1, 0.15) is 24.0 Å². The second-order valence-electron chi connectivity index (χ2n) is 8.93. The van der Waals surface area contributed by atoms with Gasteiger partial charge in [-0.3, -0.25) is 4.79 Å². The molecule has 2 aliphatic heterocycles. The molecule has 1 atom stereocenters. The van der Waals surface area contributed by atoms with Crippen LogP contribution in [0.25, 0.3) is 0 Å². The standard InChI is InChI=1S/C24H28Cl3N3O3S/c1-17-4-6-21(26)14-23(17)28-9-11-29(12-10-28)24(31)18-3-2-8-30(15-18)34(32,33)16-19-5-7-20(25)13-22(19)27/h4-7,13-14,18H,2-3,8-12,15-16H2,1H3/t18-/m0/s1. The summed E-state index contributed by atoms with van der Waals surface area (Å²) in [4.78, 5) is 17.4. The van der Waals surface area contributed by atoms with E-state index in [1.54, 1.807) is 18.2 Å². The molecule has 34 heavy (non-hydrogen) atoms. The quantitative estimate of drug-likeness (QED) is 0.540. The molecule has 0 spiro atoms. The number of piperidine rings is 1. The van der Waals surface area contributed by atoms with Crippen LogP contribution in [-0.4, -0.2) is 62.8 Å². The highest BCUT2D eigenvalue weighted by Gasteiger charge is 2.35. The van der Waals surface area contributed by atoms with Gasteiger partial charge in [-0.1, -0.05) is 46.9 Å². The van der Waals surface area contributed by atoms with Crippen molar-refractivity contribution in [2.24, 2.45) is 5.92 Å². The molecule has 0 aliphatic carbocycles. The number of carbonyl (C=O) groups excluding carboxylic acids is 1. The van der Waals surface area contributed by atoms with Gasteiger partial charge in [0.1, 0.15) is 0 Å². The van der Waals surface area contributed by atoms with Crippen LogP contribution in [-0.2, 0) is 20.6 Å². The van der Waals surface area contributed by atoms with Gasteiger partial charge in [0.25, 0.3) is 0 Å². The highest BCUT2D eigenvalue weighted by Crippen LogP contribution is 2.28. The smallest absolute Gasteiger partial charge is 0.227 e. The number of aryl methyl sites for hydroxylation is 1. The molecule has 6 nitrogen and oxygen atoms in total. The van der Waals surface area contributed by atoms with Gasteiger partial charge in [-0.05, 0) is 55.2 Å². The Morgan fingerprint density at radius 2 is 1.65 bits per heavy atom. The molecule has 0 saturated carbocycles. The molecule has 0 radical (unpaired) electrons. The van der Waals surface area contributed by atoms with Gasteiger partial charge < -0.3 is 9.80 Å². The van der Waals surface area contributed by atoms with Crippen molar-refractivity contribution < 1.29 is 13.2 Å². The monoisotopic (exact) mass is 543 g/mol. The Balaban J connectivity index is 1.37. The third kappa shape index (κ3) is 5.82. The number of anilines is 1. The maximum atomic E-state index is 13.3. The van der Waals surface area contributed by atoms with Crippen molar-refractivity contribution in [3.63, 3.8) is 0 Å². The molecule has 0 aromatic heterocycles. The zero-order chi connectivity index (χ0) is 24.5. The molecule has 2 saturated heterocycles. The fraction of sp³-hybridized carbons (Fsp3) is 0.458. The lowest BCUT2D eigenvalue weighted by Gasteiger charge is -2.40. The molecule has 4 rings (SSSR count). The fourth-order valence-electron chi connectivity index (χ4n) is 4.67. The summed E-state index contributed by atoms with van der Waals surface area (Å²) >= 11 is 18.3. The van der Waals surface area contributed by atoms with Crippen LogP contribution >= 0.6 is 34.8 Å². The van der Waals surface area contributed by atoms with Crippen LogP contribution in [0.5, 0.6) is 0 Å². The maximum absolute atomic E-state index is 13.3. The van der Waals surface area contributed by atoms with Crippen LogP contribution in [0, 0.1) is 12.8 Å². The van der Waals surface area contributed by atoms with E-state index < -0.39 is 10.0 Å². The predicted octanol–water partition coefficient (Wildman–Crippen LogP) is 4.85. The second kappa shape index (κ2) is 10.6. The van der Waals surface area contributed by atoms with Crippen molar-refractivity contribution in [3.05, 3.63) is 62.6 Å². The summed E-state index contributed by atoms with van der Waals surface area (Å²) in [7, 11) is -3.61. The van der Waals surface area contributed by atoms with Crippen molar-refractivity contribution in [1.82, 2.24) is 9.21 Å². The van der Waals surface area contributed by atoms with Gasteiger partial charge >= 0.3 is 0 Å². The number of carbonyl (C=O) groups is 1. The number of amides is 1.